The van der Waals surface area contributed by atoms with Gasteiger partial charge in [0.1, 0.15) is 5.58 Å². The minimum atomic E-state index is -0.0696. The Morgan fingerprint density at radius 1 is 0.706 bits per heavy atom. The van der Waals surface area contributed by atoms with E-state index in [0.29, 0.717) is 27.5 Å². The van der Waals surface area contributed by atoms with Crippen LogP contribution in [0.3, 0.4) is 0 Å². The smallest absolute Gasteiger partial charge is 0.182 e. The van der Waals surface area contributed by atoms with E-state index in [1.807, 2.05) is 60.7 Å². The Labute approximate surface area is 209 Å². The molecule has 0 amide bonds. The first-order valence-electron chi connectivity index (χ1n) is 10.3. The van der Waals surface area contributed by atoms with Crippen LogP contribution in [0.25, 0.3) is 44.5 Å². The molecule has 2 aromatic carbocycles. The van der Waals surface area contributed by atoms with E-state index in [1.54, 1.807) is 43.0 Å². The van der Waals surface area contributed by atoms with E-state index in [2.05, 4.69) is 27.1 Å². The first-order chi connectivity index (χ1) is 16.3. The summed E-state index contributed by atoms with van der Waals surface area (Å²) < 4.78 is 5.88. The molecule has 4 heterocycles. The van der Waals surface area contributed by atoms with Gasteiger partial charge in [-0.15, -0.1) is 54.1 Å². The third-order valence-electron chi connectivity index (χ3n) is 5.01. The van der Waals surface area contributed by atoms with Gasteiger partial charge in [-0.05, 0) is 35.0 Å². The zero-order chi connectivity index (χ0) is 22.5. The van der Waals surface area contributed by atoms with E-state index in [1.165, 1.54) is 0 Å². The van der Waals surface area contributed by atoms with Gasteiger partial charge in [-0.3, -0.25) is 9.78 Å². The second kappa shape index (κ2) is 10.8. The maximum Gasteiger partial charge on any atom is 0.182 e. The van der Waals surface area contributed by atoms with Crippen LogP contribution in [0.15, 0.2) is 113 Å². The molecule has 0 fully saturated rings. The van der Waals surface area contributed by atoms with Gasteiger partial charge in [0.25, 0.3) is 0 Å². The van der Waals surface area contributed by atoms with E-state index in [9.17, 15) is 4.79 Å². The molecule has 0 saturated carbocycles. The zero-order valence-electron chi connectivity index (χ0n) is 17.8. The van der Waals surface area contributed by atoms with Crippen molar-refractivity contribution in [3.05, 3.63) is 126 Å². The van der Waals surface area contributed by atoms with Gasteiger partial charge >= 0.3 is 0 Å². The Kier molecular flexibility index (Phi) is 7.33. The van der Waals surface area contributed by atoms with E-state index >= 15 is 0 Å². The summed E-state index contributed by atoms with van der Waals surface area (Å²) in [6.07, 6.45) is 6.62. The van der Waals surface area contributed by atoms with Crippen molar-refractivity contribution in [2.45, 2.75) is 0 Å². The van der Waals surface area contributed by atoms with Gasteiger partial charge in [0.05, 0.1) is 17.2 Å². The largest absolute Gasteiger partial charge is 0.499 e. The molecule has 0 spiro atoms. The van der Waals surface area contributed by atoms with Gasteiger partial charge in [0, 0.05) is 38.7 Å². The summed E-state index contributed by atoms with van der Waals surface area (Å²) in [5.74, 6) is 0. The number of nitrogens with zero attached hydrogens (tertiary/aromatic N) is 3. The molecule has 6 rings (SSSR count). The summed E-state index contributed by atoms with van der Waals surface area (Å²) in [6.45, 7) is 0. The fourth-order valence-corrected chi connectivity index (χ4v) is 3.45. The predicted molar refractivity (Wildman–Crippen MR) is 128 cm³/mol. The Balaban J connectivity index is 0.000000180. The van der Waals surface area contributed by atoms with Crippen molar-refractivity contribution in [3.8, 4) is 22.5 Å². The van der Waals surface area contributed by atoms with Crippen molar-refractivity contribution in [1.29, 1.82) is 0 Å². The quantitative estimate of drug-likeness (QED) is 0.183. The standard InChI is InChI=1S/C17H9N2O2.C11H8N.Ir/c20-16-12-7-9-18-10-15(12)21-17-11(4-3-5-13(16)17)14-6-1-2-8-19-14;1-2-6-10(7-3-1)11-8-4-5-9-12-11;/h1-3,5-10H;1-6,8-9H;/q2*-1;. The minimum absolute atomic E-state index is 0. The van der Waals surface area contributed by atoms with Crippen molar-refractivity contribution < 1.29 is 24.5 Å². The molecule has 167 valence electrons. The second-order valence-electron chi connectivity index (χ2n) is 7.10. The summed E-state index contributed by atoms with van der Waals surface area (Å²) in [7, 11) is 0. The van der Waals surface area contributed by atoms with Crippen LogP contribution >= 0.6 is 0 Å². The zero-order valence-corrected chi connectivity index (χ0v) is 20.2. The molecule has 0 bridgehead atoms. The molecule has 0 aliphatic carbocycles. The fraction of sp³-hybridized carbons (Fsp3) is 0. The first kappa shape index (κ1) is 23.2. The van der Waals surface area contributed by atoms with Crippen molar-refractivity contribution in [1.82, 2.24) is 15.0 Å². The first-order valence-corrected chi connectivity index (χ1v) is 10.3. The van der Waals surface area contributed by atoms with Crippen LogP contribution in [-0.4, -0.2) is 15.0 Å². The van der Waals surface area contributed by atoms with Crippen LogP contribution in [0.5, 0.6) is 0 Å². The van der Waals surface area contributed by atoms with Gasteiger partial charge in [-0.1, -0.05) is 29.8 Å². The third-order valence-corrected chi connectivity index (χ3v) is 5.01. The van der Waals surface area contributed by atoms with E-state index < -0.39 is 0 Å². The van der Waals surface area contributed by atoms with Gasteiger partial charge in [0.15, 0.2) is 5.43 Å². The molecule has 5 nitrogen and oxygen atoms in total. The Morgan fingerprint density at radius 2 is 1.47 bits per heavy atom. The number of hydrogen-bond acceptors (Lipinski definition) is 5. The van der Waals surface area contributed by atoms with Crippen molar-refractivity contribution in [2.24, 2.45) is 0 Å². The number of benzene rings is 2. The molecule has 4 aromatic heterocycles. The van der Waals surface area contributed by atoms with Crippen LogP contribution < -0.4 is 5.43 Å². The van der Waals surface area contributed by atoms with E-state index in [4.69, 9.17) is 4.42 Å². The SMILES string of the molecule is O=c1c2ccncc2oc2c(-c3ccccn3)[c-]ccc12.[Ir].[c-]1ccccc1-c1ccccn1. The van der Waals surface area contributed by atoms with E-state index in [-0.39, 0.29) is 25.5 Å². The molecule has 6 heteroatoms. The van der Waals surface area contributed by atoms with Crippen LogP contribution in [0.1, 0.15) is 0 Å². The van der Waals surface area contributed by atoms with Gasteiger partial charge in [-0.25, -0.2) is 0 Å². The van der Waals surface area contributed by atoms with E-state index in [0.717, 1.165) is 17.0 Å². The van der Waals surface area contributed by atoms with Crippen molar-refractivity contribution in [3.63, 3.8) is 0 Å². The summed E-state index contributed by atoms with van der Waals surface area (Å²) in [5, 5.41) is 1.05. The summed E-state index contributed by atoms with van der Waals surface area (Å²) in [5.41, 5.74) is 4.29. The Morgan fingerprint density at radius 3 is 2.18 bits per heavy atom. The number of aromatic nitrogens is 3. The Bertz CT molecular complexity index is 1530. The number of rotatable bonds is 2. The molecule has 34 heavy (non-hydrogen) atoms. The molecule has 0 aliphatic heterocycles. The van der Waals surface area contributed by atoms with Gasteiger partial charge in [0.2, 0.25) is 0 Å². The maximum atomic E-state index is 12.5. The number of hydrogen-bond donors (Lipinski definition) is 0. The molecule has 0 atom stereocenters. The van der Waals surface area contributed by atoms with Crippen LogP contribution in [0, 0.1) is 12.1 Å². The monoisotopic (exact) mass is 620 g/mol. The molecule has 0 aliphatic rings. The van der Waals surface area contributed by atoms with Gasteiger partial charge < -0.3 is 14.4 Å². The van der Waals surface area contributed by atoms with Crippen molar-refractivity contribution >= 4 is 21.9 Å². The molecule has 1 radical (unpaired) electrons. The topological polar surface area (TPSA) is 68.9 Å². The van der Waals surface area contributed by atoms with Gasteiger partial charge in [-0.2, -0.15) is 0 Å². The minimum Gasteiger partial charge on any atom is -0.499 e. The fourth-order valence-electron chi connectivity index (χ4n) is 3.45. The molecular weight excluding hydrogens is 603 g/mol. The molecular formula is C28H17IrN3O2-2. The molecule has 0 saturated heterocycles. The number of fused-ring (bicyclic) bond motifs is 2. The summed E-state index contributed by atoms with van der Waals surface area (Å²) >= 11 is 0. The number of pyridine rings is 3. The van der Waals surface area contributed by atoms with Crippen molar-refractivity contribution in [2.75, 3.05) is 0 Å². The summed E-state index contributed by atoms with van der Waals surface area (Å²) in [6, 6.07) is 30.6. The predicted octanol–water partition coefficient (Wildman–Crippen LogP) is 5.75. The summed E-state index contributed by atoms with van der Waals surface area (Å²) in [4.78, 5) is 25.1. The van der Waals surface area contributed by atoms with Crippen LogP contribution in [0.2, 0.25) is 0 Å². The van der Waals surface area contributed by atoms with Crippen LogP contribution in [-0.2, 0) is 20.1 Å². The average Bonchev–Trinajstić information content (AvgIpc) is 2.91. The maximum absolute atomic E-state index is 12.5. The molecule has 0 N–H and O–H groups in total. The molecule has 6 aromatic rings. The normalized spacial score (nSPS) is 10.2. The third kappa shape index (κ3) is 4.83. The second-order valence-corrected chi connectivity index (χ2v) is 7.10. The average molecular weight is 620 g/mol. The molecule has 0 unspecified atom stereocenters. The van der Waals surface area contributed by atoms with Crippen LogP contribution in [0.4, 0.5) is 0 Å². The Hall–Kier alpha value is -3.99.